The van der Waals surface area contributed by atoms with Crippen molar-refractivity contribution < 1.29 is 9.90 Å². The Morgan fingerprint density at radius 1 is 1.36 bits per heavy atom. The molecule has 0 bridgehead atoms. The number of Topliss-reactive ketones (excluding diaryl/α,β-unsaturated/α-hetero) is 1. The Bertz CT molecular complexity index is 738. The van der Waals surface area contributed by atoms with Gasteiger partial charge in [0, 0.05) is 31.5 Å². The summed E-state index contributed by atoms with van der Waals surface area (Å²) in [6.07, 6.45) is 2.46. The summed E-state index contributed by atoms with van der Waals surface area (Å²) in [7, 11) is 0. The lowest BCUT2D eigenvalue weighted by molar-refractivity contribution is -0.115. The average molecular weight is 297 g/mol. The minimum absolute atomic E-state index is 0.00580. The fraction of sp³-hybridized carbons (Fsp3) is 0.353. The number of aromatic amines is 1. The third-order valence-corrected chi connectivity index (χ3v) is 3.88. The van der Waals surface area contributed by atoms with Crippen LogP contribution in [0.3, 0.4) is 0 Å². The number of carbonyl (C=O) groups excluding carboxylic acids is 1. The van der Waals surface area contributed by atoms with Crippen molar-refractivity contribution in [3.05, 3.63) is 41.4 Å². The van der Waals surface area contributed by atoms with Crippen LogP contribution in [0.15, 0.2) is 40.6 Å². The van der Waals surface area contributed by atoms with Crippen LogP contribution >= 0.6 is 0 Å². The van der Waals surface area contributed by atoms with Crippen LogP contribution in [0.25, 0.3) is 11.0 Å². The molecular weight excluding hydrogens is 278 g/mol. The summed E-state index contributed by atoms with van der Waals surface area (Å²) >= 11 is 0. The first-order chi connectivity index (χ1) is 10.6. The molecule has 114 valence electrons. The fourth-order valence-electron chi connectivity index (χ4n) is 2.77. The Hall–Kier alpha value is -2.43. The Morgan fingerprint density at radius 3 is 2.95 bits per heavy atom. The quantitative estimate of drug-likeness (QED) is 0.851. The first-order valence-electron chi connectivity index (χ1n) is 7.55. The van der Waals surface area contributed by atoms with E-state index in [1.165, 1.54) is 0 Å². The van der Waals surface area contributed by atoms with Gasteiger partial charge in [0.2, 0.25) is 0 Å². The van der Waals surface area contributed by atoms with E-state index in [9.17, 15) is 9.90 Å². The van der Waals surface area contributed by atoms with Crippen LogP contribution in [0.5, 0.6) is 0 Å². The molecular formula is C17H19N3O2. The number of hydrogen-bond acceptors (Lipinski definition) is 4. The third-order valence-electron chi connectivity index (χ3n) is 3.88. The van der Waals surface area contributed by atoms with Crippen LogP contribution in [0.1, 0.15) is 32.0 Å². The number of nitrogens with one attached hydrogen (secondary N) is 1. The smallest absolute Gasteiger partial charge is 0.168 e. The van der Waals surface area contributed by atoms with Gasteiger partial charge in [0.05, 0.1) is 16.6 Å². The van der Waals surface area contributed by atoms with E-state index in [0.717, 1.165) is 23.3 Å². The van der Waals surface area contributed by atoms with Crippen LogP contribution in [0.2, 0.25) is 0 Å². The van der Waals surface area contributed by atoms with Crippen LogP contribution < -0.4 is 0 Å². The Labute approximate surface area is 128 Å². The van der Waals surface area contributed by atoms with Gasteiger partial charge in [-0.3, -0.25) is 9.79 Å². The molecule has 5 nitrogen and oxygen atoms in total. The van der Waals surface area contributed by atoms with Gasteiger partial charge in [0.25, 0.3) is 0 Å². The monoisotopic (exact) mass is 297 g/mol. The lowest BCUT2D eigenvalue weighted by Crippen LogP contribution is -2.18. The molecule has 2 aromatic rings. The molecule has 0 radical (unpaired) electrons. The van der Waals surface area contributed by atoms with Crippen molar-refractivity contribution in [3.63, 3.8) is 0 Å². The molecule has 1 aromatic carbocycles. The Kier molecular flexibility index (Phi) is 4.04. The second-order valence-electron chi connectivity index (χ2n) is 5.52. The van der Waals surface area contributed by atoms with Gasteiger partial charge in [-0.1, -0.05) is 12.1 Å². The van der Waals surface area contributed by atoms with E-state index < -0.39 is 0 Å². The number of nitrogens with zero attached hydrogens (tertiary/aromatic N) is 2. The number of hydrogen-bond donors (Lipinski definition) is 2. The summed E-state index contributed by atoms with van der Waals surface area (Å²) in [5.74, 6) is 1.06. The topological polar surface area (TPSA) is 78.3 Å². The maximum absolute atomic E-state index is 11.9. The van der Waals surface area contributed by atoms with Gasteiger partial charge in [0.1, 0.15) is 11.6 Å². The largest absolute Gasteiger partial charge is 0.511 e. The van der Waals surface area contributed by atoms with Crippen molar-refractivity contribution in [2.45, 2.75) is 32.6 Å². The number of aliphatic imine (C=N–C) groups is 1. The molecule has 3 rings (SSSR count). The van der Waals surface area contributed by atoms with Gasteiger partial charge in [-0.2, -0.15) is 0 Å². The highest BCUT2D eigenvalue weighted by Gasteiger charge is 2.22. The minimum atomic E-state index is -0.00580. The zero-order valence-corrected chi connectivity index (χ0v) is 12.6. The predicted octanol–water partition coefficient (Wildman–Crippen LogP) is 3.13. The number of aromatic nitrogens is 2. The SMILES string of the molecule is CC(=NCCc1nc2ccccc2[nH]1)C1=C(O)CCCC1=O. The Balaban J connectivity index is 1.70. The molecule has 0 aliphatic heterocycles. The van der Waals surface area contributed by atoms with E-state index in [1.807, 2.05) is 24.3 Å². The number of benzene rings is 1. The number of para-hydroxylation sites is 2. The number of ketones is 1. The second kappa shape index (κ2) is 6.13. The van der Waals surface area contributed by atoms with Crippen LogP contribution in [0, 0.1) is 0 Å². The molecule has 0 unspecified atom stereocenters. The number of carbonyl (C=O) groups is 1. The zero-order valence-electron chi connectivity index (χ0n) is 12.6. The molecule has 0 fully saturated rings. The van der Waals surface area contributed by atoms with Crippen LogP contribution in [-0.4, -0.2) is 33.1 Å². The molecule has 0 amide bonds. The van der Waals surface area contributed by atoms with Crippen molar-refractivity contribution in [3.8, 4) is 0 Å². The molecule has 22 heavy (non-hydrogen) atoms. The number of rotatable bonds is 4. The van der Waals surface area contributed by atoms with E-state index in [1.54, 1.807) is 6.92 Å². The standard InChI is InChI=1S/C17H19N3O2/c1-11(17-14(21)7-4-8-15(17)22)18-10-9-16-19-12-5-2-3-6-13(12)20-16/h2-3,5-6,21H,4,7-10H2,1H3,(H,19,20). The summed E-state index contributed by atoms with van der Waals surface area (Å²) in [6.45, 7) is 2.32. The summed E-state index contributed by atoms with van der Waals surface area (Å²) in [5, 5.41) is 9.88. The summed E-state index contributed by atoms with van der Waals surface area (Å²) in [5.41, 5.74) is 3.00. The highest BCUT2D eigenvalue weighted by molar-refractivity contribution is 6.22. The molecule has 5 heteroatoms. The number of allylic oxidation sites excluding steroid dienone is 2. The van der Waals surface area contributed by atoms with E-state index in [0.29, 0.717) is 37.1 Å². The van der Waals surface area contributed by atoms with Crippen molar-refractivity contribution >= 4 is 22.5 Å². The maximum atomic E-state index is 11.9. The first-order valence-corrected chi connectivity index (χ1v) is 7.55. The Morgan fingerprint density at radius 2 is 2.18 bits per heavy atom. The number of fused-ring (bicyclic) bond motifs is 1. The lowest BCUT2D eigenvalue weighted by atomic mass is 9.93. The predicted molar refractivity (Wildman–Crippen MR) is 86.3 cm³/mol. The normalized spacial score (nSPS) is 16.6. The zero-order chi connectivity index (χ0) is 15.5. The third kappa shape index (κ3) is 2.93. The molecule has 1 aliphatic rings. The second-order valence-corrected chi connectivity index (χ2v) is 5.52. The molecule has 0 saturated heterocycles. The molecule has 2 N–H and O–H groups in total. The van der Waals surface area contributed by atoms with E-state index in [4.69, 9.17) is 0 Å². The van der Waals surface area contributed by atoms with E-state index in [-0.39, 0.29) is 11.5 Å². The number of imidazole rings is 1. The minimum Gasteiger partial charge on any atom is -0.511 e. The summed E-state index contributed by atoms with van der Waals surface area (Å²) in [4.78, 5) is 24.1. The summed E-state index contributed by atoms with van der Waals surface area (Å²) in [6, 6.07) is 7.88. The first kappa shape index (κ1) is 14.5. The molecule has 1 heterocycles. The van der Waals surface area contributed by atoms with Crippen molar-refractivity contribution in [1.82, 2.24) is 9.97 Å². The maximum Gasteiger partial charge on any atom is 0.168 e. The van der Waals surface area contributed by atoms with Crippen molar-refractivity contribution in [1.29, 1.82) is 0 Å². The fourth-order valence-corrected chi connectivity index (χ4v) is 2.77. The number of H-pyrrole nitrogens is 1. The van der Waals surface area contributed by atoms with E-state index >= 15 is 0 Å². The van der Waals surface area contributed by atoms with Gasteiger partial charge in [-0.25, -0.2) is 4.98 Å². The highest BCUT2D eigenvalue weighted by Crippen LogP contribution is 2.21. The average Bonchev–Trinajstić information content (AvgIpc) is 2.89. The van der Waals surface area contributed by atoms with E-state index in [2.05, 4.69) is 15.0 Å². The van der Waals surface area contributed by atoms with Crippen LogP contribution in [-0.2, 0) is 11.2 Å². The highest BCUT2D eigenvalue weighted by atomic mass is 16.3. The van der Waals surface area contributed by atoms with Crippen molar-refractivity contribution in [2.75, 3.05) is 6.54 Å². The lowest BCUT2D eigenvalue weighted by Gasteiger charge is -2.14. The molecule has 1 aromatic heterocycles. The number of aliphatic hydroxyl groups excluding tert-OH is 1. The molecule has 1 aliphatic carbocycles. The summed E-state index contributed by atoms with van der Waals surface area (Å²) < 4.78 is 0. The molecule has 0 saturated carbocycles. The van der Waals surface area contributed by atoms with Gasteiger partial charge < -0.3 is 10.1 Å². The van der Waals surface area contributed by atoms with Gasteiger partial charge in [-0.15, -0.1) is 0 Å². The van der Waals surface area contributed by atoms with Gasteiger partial charge in [-0.05, 0) is 25.5 Å². The van der Waals surface area contributed by atoms with Crippen molar-refractivity contribution in [2.24, 2.45) is 4.99 Å². The number of aliphatic hydroxyl groups is 1. The molecule has 0 spiro atoms. The van der Waals surface area contributed by atoms with Gasteiger partial charge in [0.15, 0.2) is 5.78 Å². The molecule has 0 atom stereocenters. The van der Waals surface area contributed by atoms with Crippen LogP contribution in [0.4, 0.5) is 0 Å². The van der Waals surface area contributed by atoms with Gasteiger partial charge >= 0.3 is 0 Å².